The molecule has 0 aromatic heterocycles. The molecule has 0 saturated heterocycles. The molecule has 6 aromatic rings. The highest BCUT2D eigenvalue weighted by Gasteiger charge is 2.23. The third kappa shape index (κ3) is 6.44. The third-order valence-corrected chi connectivity index (χ3v) is 13.6. The van der Waals surface area contributed by atoms with Crippen LogP contribution >= 0.6 is 0 Å². The van der Waals surface area contributed by atoms with Crippen molar-refractivity contribution in [3.63, 3.8) is 0 Å². The Labute approximate surface area is 330 Å². The Hall–Kier alpha value is -4.88. The second-order valence-corrected chi connectivity index (χ2v) is 17.1. The molecule has 0 radical (unpaired) electrons. The molecule has 0 heterocycles. The van der Waals surface area contributed by atoms with Gasteiger partial charge in [-0.2, -0.15) is 0 Å². The summed E-state index contributed by atoms with van der Waals surface area (Å²) >= 11 is 0. The Kier molecular flexibility index (Phi) is 9.53. The third-order valence-electron chi connectivity index (χ3n) is 13.6. The van der Waals surface area contributed by atoms with Crippen LogP contribution in [0.3, 0.4) is 0 Å². The van der Waals surface area contributed by atoms with Crippen molar-refractivity contribution in [1.82, 2.24) is 0 Å². The van der Waals surface area contributed by atoms with E-state index in [1.807, 2.05) is 0 Å². The zero-order valence-corrected chi connectivity index (χ0v) is 34.1. The lowest BCUT2D eigenvalue weighted by Crippen LogP contribution is -2.12. The van der Waals surface area contributed by atoms with Gasteiger partial charge in [0.2, 0.25) is 0 Å². The molecule has 0 amide bonds. The summed E-state index contributed by atoms with van der Waals surface area (Å²) in [5.74, 6) is 0. The topological polar surface area (TPSA) is 3.24 Å². The summed E-state index contributed by atoms with van der Waals surface area (Å²) in [7, 11) is 0. The highest BCUT2D eigenvalue weighted by atomic mass is 15.1. The summed E-state index contributed by atoms with van der Waals surface area (Å²) in [5, 5.41) is 0. The van der Waals surface area contributed by atoms with E-state index >= 15 is 0 Å². The maximum Gasteiger partial charge on any atom is 0.0464 e. The van der Waals surface area contributed by atoms with Crippen LogP contribution in [0, 0.1) is 41.5 Å². The monoisotopic (exact) mass is 719 g/mol. The van der Waals surface area contributed by atoms with E-state index in [-0.39, 0.29) is 0 Å². The largest absolute Gasteiger partial charge is 0.310 e. The SMILES string of the molecule is Cc1cc(N(c2ccc(-c3ccc(C)c4c3CCCC4)c(C)c2)c2ccc(-c3ccc(C)c4c3CCCC4)c(C)c2)ccc1-c1ccc(C)c2c1CCCC2. The van der Waals surface area contributed by atoms with Gasteiger partial charge in [-0.05, 0) is 255 Å². The van der Waals surface area contributed by atoms with Gasteiger partial charge in [0.05, 0.1) is 0 Å². The Morgan fingerprint density at radius 3 is 0.800 bits per heavy atom. The number of benzene rings is 6. The van der Waals surface area contributed by atoms with E-state index in [0.717, 1.165) is 0 Å². The first kappa shape index (κ1) is 35.8. The molecule has 3 aliphatic rings. The van der Waals surface area contributed by atoms with Crippen LogP contribution in [-0.4, -0.2) is 0 Å². The first-order valence-electron chi connectivity index (χ1n) is 21.2. The summed E-state index contributed by atoms with van der Waals surface area (Å²) < 4.78 is 0. The molecule has 0 unspecified atom stereocenters. The van der Waals surface area contributed by atoms with Gasteiger partial charge < -0.3 is 4.90 Å². The predicted molar refractivity (Wildman–Crippen MR) is 236 cm³/mol. The van der Waals surface area contributed by atoms with Crippen molar-refractivity contribution in [2.24, 2.45) is 0 Å². The van der Waals surface area contributed by atoms with Crippen molar-refractivity contribution < 1.29 is 0 Å². The molecule has 0 fully saturated rings. The van der Waals surface area contributed by atoms with Crippen molar-refractivity contribution >= 4 is 17.1 Å². The minimum Gasteiger partial charge on any atom is -0.310 e. The molecule has 0 atom stereocenters. The Morgan fingerprint density at radius 1 is 0.273 bits per heavy atom. The second-order valence-electron chi connectivity index (χ2n) is 17.1. The minimum atomic E-state index is 1.19. The van der Waals surface area contributed by atoms with E-state index in [1.54, 1.807) is 33.4 Å². The fourth-order valence-corrected chi connectivity index (χ4v) is 10.6. The number of hydrogen-bond donors (Lipinski definition) is 0. The molecule has 0 saturated carbocycles. The van der Waals surface area contributed by atoms with Crippen LogP contribution in [0.25, 0.3) is 33.4 Å². The Bertz CT molecular complexity index is 2180. The highest BCUT2D eigenvalue weighted by Crippen LogP contribution is 2.44. The number of aryl methyl sites for hydroxylation is 6. The van der Waals surface area contributed by atoms with Gasteiger partial charge in [0.1, 0.15) is 0 Å². The normalized spacial score (nSPS) is 14.9. The number of fused-ring (bicyclic) bond motifs is 3. The lowest BCUT2D eigenvalue weighted by atomic mass is 9.82. The lowest BCUT2D eigenvalue weighted by molar-refractivity contribution is 0.683. The van der Waals surface area contributed by atoms with Gasteiger partial charge in [0, 0.05) is 17.1 Å². The smallest absolute Gasteiger partial charge is 0.0464 e. The summed E-state index contributed by atoms with van der Waals surface area (Å²) in [6.07, 6.45) is 15.0. The van der Waals surface area contributed by atoms with E-state index in [9.17, 15) is 0 Å². The molecule has 6 aromatic carbocycles. The van der Waals surface area contributed by atoms with Gasteiger partial charge in [0.25, 0.3) is 0 Å². The molecule has 3 aliphatic carbocycles. The maximum absolute atomic E-state index is 2.50. The van der Waals surface area contributed by atoms with E-state index < -0.39 is 0 Å². The van der Waals surface area contributed by atoms with Crippen molar-refractivity contribution in [1.29, 1.82) is 0 Å². The number of hydrogen-bond acceptors (Lipinski definition) is 1. The standard InChI is InChI=1S/C54H57N/c1-34-19-25-52(49-16-10-7-13-43(34)49)46-28-22-40(31-37(46)4)55(41-23-29-47(38(5)32-41)53-26-20-35(2)44-14-8-11-17-50(44)53)42-24-30-48(39(6)33-42)54-27-21-36(3)45-15-9-12-18-51(45)54/h19-33H,7-18H2,1-6H3. The van der Waals surface area contributed by atoms with Crippen LogP contribution in [0.15, 0.2) is 91.0 Å². The van der Waals surface area contributed by atoms with Crippen LogP contribution < -0.4 is 4.90 Å². The van der Waals surface area contributed by atoms with Crippen LogP contribution in [-0.2, 0) is 38.5 Å². The number of nitrogens with zero attached hydrogens (tertiary/aromatic N) is 1. The van der Waals surface area contributed by atoms with E-state index in [1.165, 1.54) is 161 Å². The van der Waals surface area contributed by atoms with Crippen LogP contribution in [0.2, 0.25) is 0 Å². The average Bonchev–Trinajstić information content (AvgIpc) is 3.20. The number of rotatable bonds is 6. The van der Waals surface area contributed by atoms with Crippen LogP contribution in [0.1, 0.15) is 105 Å². The molecular formula is C54H57N. The molecule has 1 heteroatoms. The molecular weight excluding hydrogens is 663 g/mol. The Balaban J connectivity index is 1.16. The van der Waals surface area contributed by atoms with Gasteiger partial charge >= 0.3 is 0 Å². The second kappa shape index (κ2) is 14.6. The molecule has 55 heavy (non-hydrogen) atoms. The average molecular weight is 720 g/mol. The molecule has 0 aliphatic heterocycles. The van der Waals surface area contributed by atoms with Gasteiger partial charge in [-0.25, -0.2) is 0 Å². The summed E-state index contributed by atoms with van der Waals surface area (Å²) in [6, 6.07) is 35.8. The summed E-state index contributed by atoms with van der Waals surface area (Å²) in [6.45, 7) is 13.8. The highest BCUT2D eigenvalue weighted by molar-refractivity contribution is 5.85. The first-order chi connectivity index (χ1) is 26.8. The van der Waals surface area contributed by atoms with Gasteiger partial charge in [-0.3, -0.25) is 0 Å². The van der Waals surface area contributed by atoms with Crippen LogP contribution in [0.5, 0.6) is 0 Å². The molecule has 0 N–H and O–H groups in total. The molecule has 0 spiro atoms. The molecule has 278 valence electrons. The fourth-order valence-electron chi connectivity index (χ4n) is 10.6. The van der Waals surface area contributed by atoms with E-state index in [0.29, 0.717) is 0 Å². The molecule has 9 rings (SSSR count). The fraction of sp³-hybridized carbons (Fsp3) is 0.333. The van der Waals surface area contributed by atoms with Gasteiger partial charge in [0.15, 0.2) is 0 Å². The van der Waals surface area contributed by atoms with Crippen molar-refractivity contribution in [3.05, 3.63) is 158 Å². The first-order valence-corrected chi connectivity index (χ1v) is 21.2. The predicted octanol–water partition coefficient (Wildman–Crippen LogP) is 14.6. The van der Waals surface area contributed by atoms with Crippen LogP contribution in [0.4, 0.5) is 17.1 Å². The quantitative estimate of drug-likeness (QED) is 0.166. The minimum absolute atomic E-state index is 1.19. The Morgan fingerprint density at radius 2 is 0.527 bits per heavy atom. The molecule has 1 nitrogen and oxygen atoms in total. The van der Waals surface area contributed by atoms with E-state index in [2.05, 4.69) is 137 Å². The maximum atomic E-state index is 2.50. The van der Waals surface area contributed by atoms with E-state index in [4.69, 9.17) is 0 Å². The van der Waals surface area contributed by atoms with Crippen molar-refractivity contribution in [3.8, 4) is 33.4 Å². The van der Waals surface area contributed by atoms with Gasteiger partial charge in [-0.15, -0.1) is 0 Å². The zero-order chi connectivity index (χ0) is 37.8. The van der Waals surface area contributed by atoms with Crippen molar-refractivity contribution in [2.75, 3.05) is 4.90 Å². The van der Waals surface area contributed by atoms with Crippen molar-refractivity contribution in [2.45, 2.75) is 119 Å². The summed E-state index contributed by atoms with van der Waals surface area (Å²) in [4.78, 5) is 2.50. The summed E-state index contributed by atoms with van der Waals surface area (Å²) in [5.41, 5.74) is 29.9. The van der Waals surface area contributed by atoms with Gasteiger partial charge in [-0.1, -0.05) is 54.6 Å². The zero-order valence-electron chi connectivity index (χ0n) is 34.1. The number of anilines is 3. The lowest BCUT2D eigenvalue weighted by Gasteiger charge is -2.29. The molecule has 0 bridgehead atoms.